The van der Waals surface area contributed by atoms with Crippen molar-refractivity contribution in [2.45, 2.75) is 13.5 Å². The van der Waals surface area contributed by atoms with Crippen molar-refractivity contribution in [3.05, 3.63) is 54.1 Å². The van der Waals surface area contributed by atoms with Gasteiger partial charge in [-0.05, 0) is 23.8 Å². The number of carbonyl (C=O) groups excluding carboxylic acids is 2. The minimum atomic E-state index is -0.267. The average Bonchev–Trinajstić information content (AvgIpc) is 2.55. The molecular weight excluding hydrogens is 306 g/mol. The summed E-state index contributed by atoms with van der Waals surface area (Å²) in [6.45, 7) is 1.91. The third-order valence-electron chi connectivity index (χ3n) is 3.37. The van der Waals surface area contributed by atoms with Crippen molar-refractivity contribution in [3.63, 3.8) is 0 Å². The van der Waals surface area contributed by atoms with Crippen LogP contribution in [0.2, 0.25) is 0 Å². The molecule has 6 heteroatoms. The second kappa shape index (κ2) is 8.01. The van der Waals surface area contributed by atoms with Gasteiger partial charge in [0.1, 0.15) is 5.75 Å². The van der Waals surface area contributed by atoms with Crippen LogP contribution in [0.1, 0.15) is 12.5 Å². The number of anilines is 2. The Morgan fingerprint density at radius 1 is 1.08 bits per heavy atom. The van der Waals surface area contributed by atoms with E-state index in [9.17, 15) is 9.59 Å². The maximum absolute atomic E-state index is 12.4. The van der Waals surface area contributed by atoms with Crippen LogP contribution in [0.4, 0.5) is 16.2 Å². The standard InChI is InChI=1S/C18H21N3O3/c1-13(22)19-15-9-10-17(24-3)16(11-15)20-18(23)21(2)12-14-7-5-4-6-8-14/h4-11H,12H2,1-3H3,(H,19,22)(H,20,23). The summed E-state index contributed by atoms with van der Waals surface area (Å²) >= 11 is 0. The number of hydrogen-bond donors (Lipinski definition) is 2. The molecule has 126 valence electrons. The SMILES string of the molecule is COc1ccc(NC(C)=O)cc1NC(=O)N(C)Cc1ccccc1. The van der Waals surface area contributed by atoms with Crippen LogP contribution in [0.5, 0.6) is 5.75 Å². The van der Waals surface area contributed by atoms with E-state index >= 15 is 0 Å². The highest BCUT2D eigenvalue weighted by atomic mass is 16.5. The quantitative estimate of drug-likeness (QED) is 0.885. The van der Waals surface area contributed by atoms with Crippen LogP contribution in [0.25, 0.3) is 0 Å². The summed E-state index contributed by atoms with van der Waals surface area (Å²) in [6, 6.07) is 14.5. The molecule has 6 nitrogen and oxygen atoms in total. The van der Waals surface area contributed by atoms with E-state index in [2.05, 4.69) is 10.6 Å². The number of nitrogens with zero attached hydrogens (tertiary/aromatic N) is 1. The number of nitrogens with one attached hydrogen (secondary N) is 2. The normalized spacial score (nSPS) is 9.96. The fourth-order valence-corrected chi connectivity index (χ4v) is 2.23. The number of hydrogen-bond acceptors (Lipinski definition) is 3. The summed E-state index contributed by atoms with van der Waals surface area (Å²) in [5, 5.41) is 5.49. The van der Waals surface area contributed by atoms with E-state index in [1.165, 1.54) is 14.0 Å². The third kappa shape index (κ3) is 4.74. The molecule has 0 aliphatic heterocycles. The van der Waals surface area contributed by atoms with Crippen molar-refractivity contribution in [1.82, 2.24) is 4.90 Å². The van der Waals surface area contributed by atoms with Crippen molar-refractivity contribution >= 4 is 23.3 Å². The lowest BCUT2D eigenvalue weighted by Crippen LogP contribution is -2.31. The molecule has 0 fully saturated rings. The summed E-state index contributed by atoms with van der Waals surface area (Å²) < 4.78 is 5.26. The monoisotopic (exact) mass is 327 g/mol. The van der Waals surface area contributed by atoms with Gasteiger partial charge in [-0.1, -0.05) is 30.3 Å². The largest absolute Gasteiger partial charge is 0.495 e. The molecule has 0 aliphatic rings. The number of urea groups is 1. The Morgan fingerprint density at radius 2 is 1.79 bits per heavy atom. The Hall–Kier alpha value is -3.02. The summed E-state index contributed by atoms with van der Waals surface area (Å²) in [5.41, 5.74) is 2.12. The maximum atomic E-state index is 12.4. The zero-order valence-electron chi connectivity index (χ0n) is 14.0. The van der Waals surface area contributed by atoms with E-state index in [1.807, 2.05) is 30.3 Å². The van der Waals surface area contributed by atoms with Crippen LogP contribution in [0.3, 0.4) is 0 Å². The van der Waals surface area contributed by atoms with Crippen molar-refractivity contribution in [2.75, 3.05) is 24.8 Å². The third-order valence-corrected chi connectivity index (χ3v) is 3.37. The molecule has 2 aromatic rings. The van der Waals surface area contributed by atoms with Crippen molar-refractivity contribution in [3.8, 4) is 5.75 Å². The van der Waals surface area contributed by atoms with Gasteiger partial charge in [0.05, 0.1) is 12.8 Å². The average molecular weight is 327 g/mol. The molecule has 0 atom stereocenters. The smallest absolute Gasteiger partial charge is 0.321 e. The maximum Gasteiger partial charge on any atom is 0.321 e. The second-order valence-electron chi connectivity index (χ2n) is 5.37. The summed E-state index contributed by atoms with van der Waals surface area (Å²) in [5.74, 6) is 0.337. The van der Waals surface area contributed by atoms with Gasteiger partial charge in [-0.25, -0.2) is 4.79 Å². The molecule has 2 N–H and O–H groups in total. The number of carbonyl (C=O) groups is 2. The molecule has 0 unspecified atom stereocenters. The highest BCUT2D eigenvalue weighted by molar-refractivity contribution is 5.94. The van der Waals surface area contributed by atoms with E-state index in [0.717, 1.165) is 5.56 Å². The van der Waals surface area contributed by atoms with E-state index in [-0.39, 0.29) is 11.9 Å². The van der Waals surface area contributed by atoms with Crippen LogP contribution in [0, 0.1) is 0 Å². The van der Waals surface area contributed by atoms with Gasteiger partial charge in [0, 0.05) is 26.2 Å². The first-order valence-electron chi connectivity index (χ1n) is 7.51. The number of methoxy groups -OCH3 is 1. The van der Waals surface area contributed by atoms with Gasteiger partial charge in [0.15, 0.2) is 0 Å². The van der Waals surface area contributed by atoms with Crippen molar-refractivity contribution in [2.24, 2.45) is 0 Å². The van der Waals surface area contributed by atoms with E-state index in [1.54, 1.807) is 30.1 Å². The molecule has 0 heterocycles. The molecule has 0 aromatic heterocycles. The van der Waals surface area contributed by atoms with Gasteiger partial charge in [-0.15, -0.1) is 0 Å². The molecule has 0 saturated carbocycles. The fourth-order valence-electron chi connectivity index (χ4n) is 2.23. The first kappa shape index (κ1) is 17.3. The van der Waals surface area contributed by atoms with Gasteiger partial charge in [-0.3, -0.25) is 4.79 Å². The van der Waals surface area contributed by atoms with Crippen molar-refractivity contribution in [1.29, 1.82) is 0 Å². The predicted octanol–water partition coefficient (Wildman–Crippen LogP) is 3.32. The predicted molar refractivity (Wildman–Crippen MR) is 94.2 cm³/mol. The number of rotatable bonds is 5. The zero-order chi connectivity index (χ0) is 17.5. The highest BCUT2D eigenvalue weighted by Crippen LogP contribution is 2.28. The first-order chi connectivity index (χ1) is 11.5. The lowest BCUT2D eigenvalue weighted by molar-refractivity contribution is -0.114. The Morgan fingerprint density at radius 3 is 2.42 bits per heavy atom. The summed E-state index contributed by atoms with van der Waals surface area (Å²) in [7, 11) is 3.24. The van der Waals surface area contributed by atoms with Crippen LogP contribution in [-0.4, -0.2) is 31.0 Å². The van der Waals surface area contributed by atoms with Crippen LogP contribution >= 0.6 is 0 Å². The molecule has 24 heavy (non-hydrogen) atoms. The molecule has 2 aromatic carbocycles. The van der Waals surface area contributed by atoms with Crippen molar-refractivity contribution < 1.29 is 14.3 Å². The highest BCUT2D eigenvalue weighted by Gasteiger charge is 2.13. The van der Waals surface area contributed by atoms with Gasteiger partial charge in [0.2, 0.25) is 5.91 Å². The molecule has 0 bridgehead atoms. The fraction of sp³-hybridized carbons (Fsp3) is 0.222. The van der Waals surface area contributed by atoms with Gasteiger partial charge >= 0.3 is 6.03 Å². The van der Waals surface area contributed by atoms with E-state index in [4.69, 9.17) is 4.74 Å². The Balaban J connectivity index is 2.10. The number of amides is 3. The molecule has 2 rings (SSSR count). The van der Waals surface area contributed by atoms with Gasteiger partial charge in [-0.2, -0.15) is 0 Å². The Labute approximate surface area is 141 Å². The number of benzene rings is 2. The molecule has 0 spiro atoms. The van der Waals surface area contributed by atoms with Gasteiger partial charge < -0.3 is 20.3 Å². The minimum Gasteiger partial charge on any atom is -0.495 e. The second-order valence-corrected chi connectivity index (χ2v) is 5.37. The van der Waals surface area contributed by atoms with Crippen LogP contribution < -0.4 is 15.4 Å². The zero-order valence-corrected chi connectivity index (χ0v) is 14.0. The molecular formula is C18H21N3O3. The molecule has 0 saturated heterocycles. The summed E-state index contributed by atoms with van der Waals surface area (Å²) in [6.07, 6.45) is 0. The van der Waals surface area contributed by atoms with Crippen LogP contribution in [0.15, 0.2) is 48.5 Å². The molecule has 3 amide bonds. The Kier molecular flexibility index (Phi) is 5.78. The Bertz CT molecular complexity index is 717. The first-order valence-corrected chi connectivity index (χ1v) is 7.51. The topological polar surface area (TPSA) is 70.7 Å². The lowest BCUT2D eigenvalue weighted by atomic mass is 10.2. The molecule has 0 radical (unpaired) electrons. The van der Waals surface area contributed by atoms with Crippen LogP contribution in [-0.2, 0) is 11.3 Å². The summed E-state index contributed by atoms with van der Waals surface area (Å²) in [4.78, 5) is 25.1. The lowest BCUT2D eigenvalue weighted by Gasteiger charge is -2.19. The molecule has 0 aliphatic carbocycles. The number of ether oxygens (including phenoxy) is 1. The van der Waals surface area contributed by atoms with Gasteiger partial charge in [0.25, 0.3) is 0 Å². The van der Waals surface area contributed by atoms with E-state index < -0.39 is 0 Å². The minimum absolute atomic E-state index is 0.182. The van der Waals surface area contributed by atoms with E-state index in [0.29, 0.717) is 23.7 Å².